The molecule has 8 heteroatoms. The van der Waals surface area contributed by atoms with E-state index in [1.54, 1.807) is 0 Å². The van der Waals surface area contributed by atoms with Crippen LogP contribution in [0.15, 0.2) is 132 Å². The number of thiophene rings is 4. The van der Waals surface area contributed by atoms with Crippen molar-refractivity contribution in [2.45, 2.75) is 158 Å². The maximum absolute atomic E-state index is 6.46. The third kappa shape index (κ3) is 15.3. The zero-order chi connectivity index (χ0) is 57.2. The van der Waals surface area contributed by atoms with Crippen molar-refractivity contribution in [3.05, 3.63) is 132 Å². The monoisotopic (exact) mass is 1170 g/mol. The van der Waals surface area contributed by atoms with Gasteiger partial charge in [0.15, 0.2) is 0 Å². The van der Waals surface area contributed by atoms with Crippen LogP contribution in [-0.4, -0.2) is 26.4 Å². The Morgan fingerprint density at radius 3 is 0.890 bits per heavy atom. The summed E-state index contributed by atoms with van der Waals surface area (Å²) in [6.45, 7) is 21.3. The van der Waals surface area contributed by atoms with Crippen LogP contribution < -0.4 is 18.9 Å². The van der Waals surface area contributed by atoms with Crippen LogP contribution in [0.25, 0.3) is 84.2 Å². The molecule has 9 rings (SSSR count). The molecular formula is C74H90O4S4. The highest BCUT2D eigenvalue weighted by Crippen LogP contribution is 2.54. The smallest absolute Gasteiger partial charge is 0.119 e. The summed E-state index contributed by atoms with van der Waals surface area (Å²) in [5.74, 6) is 6.05. The molecule has 0 N–H and O–H groups in total. The van der Waals surface area contributed by atoms with Crippen molar-refractivity contribution in [2.24, 2.45) is 23.7 Å². The molecule has 9 aromatic rings. The van der Waals surface area contributed by atoms with Gasteiger partial charge in [-0.3, -0.25) is 0 Å². The van der Waals surface area contributed by atoms with Gasteiger partial charge < -0.3 is 18.9 Å². The highest BCUT2D eigenvalue weighted by molar-refractivity contribution is 7.24. The van der Waals surface area contributed by atoms with Crippen LogP contribution in [-0.2, 0) is 0 Å². The number of hydrogen-bond acceptors (Lipinski definition) is 8. The summed E-state index contributed by atoms with van der Waals surface area (Å²) in [6, 6.07) is 45.2. The number of hydrogen-bond donors (Lipinski definition) is 0. The second kappa shape index (κ2) is 31.0. The lowest BCUT2D eigenvalue weighted by atomic mass is 9.97. The molecule has 0 aliphatic heterocycles. The van der Waals surface area contributed by atoms with E-state index in [2.05, 4.69) is 187 Å². The molecule has 82 heavy (non-hydrogen) atoms. The Morgan fingerprint density at radius 2 is 0.622 bits per heavy atom. The highest BCUT2D eigenvalue weighted by atomic mass is 32.1. The molecule has 0 saturated carbocycles. The normalized spacial score (nSPS) is 13.2. The Bertz CT molecular complexity index is 2890. The summed E-state index contributed by atoms with van der Waals surface area (Å²) in [6.07, 6.45) is 19.3. The lowest BCUT2D eigenvalue weighted by molar-refractivity contribution is 0.233. The van der Waals surface area contributed by atoms with Gasteiger partial charge in [0.05, 0.1) is 26.4 Å². The van der Waals surface area contributed by atoms with Crippen LogP contribution in [0.1, 0.15) is 158 Å². The molecule has 5 aromatic carbocycles. The van der Waals surface area contributed by atoms with Gasteiger partial charge in [-0.15, -0.1) is 45.3 Å². The zero-order valence-electron chi connectivity index (χ0n) is 50.4. The maximum atomic E-state index is 6.46. The van der Waals surface area contributed by atoms with Crippen molar-refractivity contribution in [3.8, 4) is 87.0 Å². The first-order valence-electron chi connectivity index (χ1n) is 31.4. The van der Waals surface area contributed by atoms with Crippen molar-refractivity contribution in [1.82, 2.24) is 0 Å². The summed E-state index contributed by atoms with van der Waals surface area (Å²) in [5, 5.41) is 7.21. The number of fused-ring (bicyclic) bond motifs is 2. The lowest BCUT2D eigenvalue weighted by Gasteiger charge is -2.16. The Hall–Kier alpha value is -5.38. The Balaban J connectivity index is 1.10. The summed E-state index contributed by atoms with van der Waals surface area (Å²) in [4.78, 5) is 5.08. The fourth-order valence-electron chi connectivity index (χ4n) is 11.3. The van der Waals surface area contributed by atoms with E-state index in [-0.39, 0.29) is 0 Å². The summed E-state index contributed by atoms with van der Waals surface area (Å²) in [5.41, 5.74) is 9.90. The number of unbranched alkanes of at least 4 members (excludes halogenated alkanes) is 4. The van der Waals surface area contributed by atoms with Gasteiger partial charge in [-0.2, -0.15) is 0 Å². The van der Waals surface area contributed by atoms with Crippen molar-refractivity contribution < 1.29 is 18.9 Å². The number of rotatable bonds is 34. The zero-order valence-corrected chi connectivity index (χ0v) is 53.7. The fourth-order valence-corrected chi connectivity index (χ4v) is 15.9. The highest BCUT2D eigenvalue weighted by Gasteiger charge is 2.25. The van der Waals surface area contributed by atoms with E-state index in [9.17, 15) is 0 Å². The van der Waals surface area contributed by atoms with Gasteiger partial charge in [0.1, 0.15) is 23.0 Å². The number of benzene rings is 5. The van der Waals surface area contributed by atoms with Gasteiger partial charge in [0, 0.05) is 61.9 Å². The van der Waals surface area contributed by atoms with Crippen LogP contribution in [0.3, 0.4) is 0 Å². The number of ether oxygens (including phenoxy) is 4. The molecule has 4 nitrogen and oxygen atoms in total. The molecule has 0 aliphatic rings. The molecule has 0 radical (unpaired) electrons. The van der Waals surface area contributed by atoms with Gasteiger partial charge >= 0.3 is 0 Å². The second-order valence-corrected chi connectivity index (χ2v) is 26.7. The van der Waals surface area contributed by atoms with Gasteiger partial charge in [0.25, 0.3) is 0 Å². The molecule has 0 spiro atoms. The third-order valence-electron chi connectivity index (χ3n) is 17.0. The van der Waals surface area contributed by atoms with Crippen molar-refractivity contribution >= 4 is 65.5 Å². The average Bonchev–Trinajstić information content (AvgIpc) is 4.56. The van der Waals surface area contributed by atoms with Gasteiger partial charge in [-0.25, -0.2) is 0 Å². The largest absolute Gasteiger partial charge is 0.493 e. The SMILES string of the molecule is CCCCC(CC)COc1ccc(-c2cc(-c3c4ccsc4c(-c4cc(-c5ccc(OCC(CC)CCCC)cc5)c(-c5ccc(OCC(CC)CCCC)cc5)s4)c4ccsc34)sc2-c2ccc(OCC(CC)CCCC)cc2)cc1. The summed E-state index contributed by atoms with van der Waals surface area (Å²) >= 11 is 7.54. The molecule has 0 aliphatic carbocycles. The molecule has 4 unspecified atom stereocenters. The van der Waals surface area contributed by atoms with E-state index >= 15 is 0 Å². The molecule has 4 atom stereocenters. The molecule has 0 saturated heterocycles. The minimum absolute atomic E-state index is 0.577. The Kier molecular flexibility index (Phi) is 23.1. The Morgan fingerprint density at radius 1 is 0.341 bits per heavy atom. The predicted molar refractivity (Wildman–Crippen MR) is 361 cm³/mol. The van der Waals surface area contributed by atoms with Crippen LogP contribution in [0.2, 0.25) is 0 Å². The molecule has 0 fully saturated rings. The van der Waals surface area contributed by atoms with E-state index < -0.39 is 0 Å². The van der Waals surface area contributed by atoms with Crippen molar-refractivity contribution in [2.75, 3.05) is 26.4 Å². The van der Waals surface area contributed by atoms with E-state index in [0.717, 1.165) is 75.1 Å². The van der Waals surface area contributed by atoms with E-state index in [0.29, 0.717) is 23.7 Å². The van der Waals surface area contributed by atoms with Crippen LogP contribution in [0, 0.1) is 23.7 Å². The first-order valence-corrected chi connectivity index (χ1v) is 34.8. The fraction of sp³-hybridized carbons (Fsp3) is 0.432. The van der Waals surface area contributed by atoms with Crippen LogP contribution in [0.4, 0.5) is 0 Å². The molecule has 4 heterocycles. The van der Waals surface area contributed by atoms with Gasteiger partial charge in [-0.05, 0) is 179 Å². The van der Waals surface area contributed by atoms with E-state index in [1.807, 2.05) is 45.3 Å². The topological polar surface area (TPSA) is 36.9 Å². The summed E-state index contributed by atoms with van der Waals surface area (Å²) in [7, 11) is 0. The van der Waals surface area contributed by atoms with Crippen LogP contribution in [0.5, 0.6) is 23.0 Å². The minimum Gasteiger partial charge on any atom is -0.493 e. The average molecular weight is 1170 g/mol. The minimum atomic E-state index is 0.577. The van der Waals surface area contributed by atoms with E-state index in [4.69, 9.17) is 18.9 Å². The van der Waals surface area contributed by atoms with E-state index in [1.165, 1.54) is 161 Å². The van der Waals surface area contributed by atoms with Crippen molar-refractivity contribution in [1.29, 1.82) is 0 Å². The standard InChI is InChI=1S/C74H90O4S4/c1-9-17-21-51(13-5)47-75-59-33-25-55(26-34-59)65-45-67(81-71(65)57-29-37-61(38-30-57)77-49-53(15-7)23-19-11-3)69-63-41-43-80-74(63)70(64-42-44-79-73(64)69)68-46-66(56-27-35-60(36-28-56)76-48-52(14-6)22-18-10-2)72(82-68)58-31-39-62(40-32-58)78-50-54(16-8)24-20-12-4/h25-46,51-54H,9-24,47-50H2,1-8H3. The van der Waals surface area contributed by atoms with Gasteiger partial charge in [0.2, 0.25) is 0 Å². The molecular weight excluding hydrogens is 1080 g/mol. The van der Waals surface area contributed by atoms with Crippen LogP contribution >= 0.6 is 45.3 Å². The maximum Gasteiger partial charge on any atom is 0.119 e. The second-order valence-electron chi connectivity index (χ2n) is 22.8. The predicted octanol–water partition coefficient (Wildman–Crippen LogP) is 24.6. The van der Waals surface area contributed by atoms with Gasteiger partial charge in [-0.1, -0.05) is 157 Å². The molecule has 0 amide bonds. The lowest BCUT2D eigenvalue weighted by Crippen LogP contribution is -2.11. The first-order chi connectivity index (χ1) is 40.3. The Labute approximate surface area is 508 Å². The third-order valence-corrected chi connectivity index (χ3v) is 21.2. The quantitative estimate of drug-likeness (QED) is 0.0403. The van der Waals surface area contributed by atoms with Crippen molar-refractivity contribution in [3.63, 3.8) is 0 Å². The molecule has 0 bridgehead atoms. The first kappa shape index (κ1) is 61.2. The molecule has 434 valence electrons. The molecule has 4 aromatic heterocycles. The summed E-state index contributed by atoms with van der Waals surface area (Å²) < 4.78 is 28.5.